The maximum Gasteiger partial charge on any atom is 0.180 e. The number of thioether (sulfide) groups is 1. The van der Waals surface area contributed by atoms with Crippen molar-refractivity contribution in [1.82, 2.24) is 10.3 Å². The Bertz CT molecular complexity index is 281. The second-order valence-corrected chi connectivity index (χ2v) is 5.80. The normalized spacial score (nSPS) is 18.6. The largest absolute Gasteiger partial charge is 0.375 e. The molecule has 1 aromatic rings. The number of rotatable bonds is 3. The van der Waals surface area contributed by atoms with Crippen LogP contribution in [0, 0.1) is 0 Å². The monoisotopic (exact) mass is 229 g/mol. The SMILES string of the molecule is Nc1ncc(CNC2CCSCC2)s1. The third-order valence-corrected chi connectivity index (χ3v) is 4.23. The molecule has 5 heteroatoms. The molecule has 0 aliphatic carbocycles. The Morgan fingerprint density at radius 3 is 2.93 bits per heavy atom. The minimum atomic E-state index is 0.668. The first-order valence-corrected chi connectivity index (χ1v) is 6.83. The van der Waals surface area contributed by atoms with E-state index in [-0.39, 0.29) is 0 Å². The molecule has 0 atom stereocenters. The van der Waals surface area contributed by atoms with Gasteiger partial charge in [-0.15, -0.1) is 11.3 Å². The molecule has 0 spiro atoms. The van der Waals surface area contributed by atoms with Crippen LogP contribution in [0.25, 0.3) is 0 Å². The Kier molecular flexibility index (Phi) is 3.67. The molecule has 1 aliphatic heterocycles. The van der Waals surface area contributed by atoms with Gasteiger partial charge in [0.15, 0.2) is 5.13 Å². The van der Waals surface area contributed by atoms with Crippen molar-refractivity contribution in [1.29, 1.82) is 0 Å². The summed E-state index contributed by atoms with van der Waals surface area (Å²) in [6, 6.07) is 0.694. The van der Waals surface area contributed by atoms with Crippen molar-refractivity contribution in [2.45, 2.75) is 25.4 Å². The van der Waals surface area contributed by atoms with Gasteiger partial charge in [-0.05, 0) is 24.3 Å². The summed E-state index contributed by atoms with van der Waals surface area (Å²) >= 11 is 3.63. The number of nitrogens with zero attached hydrogens (tertiary/aromatic N) is 1. The quantitative estimate of drug-likeness (QED) is 0.828. The number of aromatic nitrogens is 1. The molecule has 2 heterocycles. The van der Waals surface area contributed by atoms with E-state index in [0.717, 1.165) is 6.54 Å². The van der Waals surface area contributed by atoms with E-state index in [2.05, 4.69) is 22.1 Å². The van der Waals surface area contributed by atoms with E-state index in [1.165, 1.54) is 29.2 Å². The van der Waals surface area contributed by atoms with Gasteiger partial charge in [0.2, 0.25) is 0 Å². The Morgan fingerprint density at radius 2 is 2.29 bits per heavy atom. The van der Waals surface area contributed by atoms with Crippen molar-refractivity contribution in [3.8, 4) is 0 Å². The highest BCUT2D eigenvalue weighted by Crippen LogP contribution is 2.18. The standard InChI is InChI=1S/C9H15N3S2/c10-9-12-6-8(14-9)5-11-7-1-3-13-4-2-7/h6-7,11H,1-5H2,(H2,10,12). The molecule has 1 fully saturated rings. The summed E-state index contributed by atoms with van der Waals surface area (Å²) in [5.74, 6) is 2.59. The Morgan fingerprint density at radius 1 is 1.50 bits per heavy atom. The van der Waals surface area contributed by atoms with Gasteiger partial charge in [-0.25, -0.2) is 4.98 Å². The predicted octanol–water partition coefficient (Wildman–Crippen LogP) is 1.71. The lowest BCUT2D eigenvalue weighted by molar-refractivity contribution is 0.484. The van der Waals surface area contributed by atoms with Gasteiger partial charge < -0.3 is 11.1 Å². The summed E-state index contributed by atoms with van der Waals surface area (Å²) in [7, 11) is 0. The maximum atomic E-state index is 5.56. The van der Waals surface area contributed by atoms with Crippen LogP contribution in [0.2, 0.25) is 0 Å². The highest BCUT2D eigenvalue weighted by molar-refractivity contribution is 7.99. The molecule has 1 aromatic heterocycles. The number of thiazole rings is 1. The lowest BCUT2D eigenvalue weighted by Crippen LogP contribution is -2.31. The molecule has 3 N–H and O–H groups in total. The predicted molar refractivity (Wildman–Crippen MR) is 63.7 cm³/mol. The van der Waals surface area contributed by atoms with E-state index in [0.29, 0.717) is 11.2 Å². The summed E-state index contributed by atoms with van der Waals surface area (Å²) in [4.78, 5) is 5.27. The summed E-state index contributed by atoms with van der Waals surface area (Å²) < 4.78 is 0. The van der Waals surface area contributed by atoms with Gasteiger partial charge >= 0.3 is 0 Å². The van der Waals surface area contributed by atoms with E-state index in [1.807, 2.05) is 6.20 Å². The summed E-state index contributed by atoms with van der Waals surface area (Å²) in [6.07, 6.45) is 4.45. The van der Waals surface area contributed by atoms with Gasteiger partial charge in [-0.2, -0.15) is 11.8 Å². The van der Waals surface area contributed by atoms with Crippen LogP contribution in [-0.2, 0) is 6.54 Å². The zero-order chi connectivity index (χ0) is 9.80. The van der Waals surface area contributed by atoms with Crippen molar-refractivity contribution in [2.24, 2.45) is 0 Å². The average molecular weight is 229 g/mol. The van der Waals surface area contributed by atoms with Crippen molar-refractivity contribution < 1.29 is 0 Å². The molecule has 1 saturated heterocycles. The van der Waals surface area contributed by atoms with Crippen LogP contribution in [-0.4, -0.2) is 22.5 Å². The van der Waals surface area contributed by atoms with Gasteiger partial charge in [0, 0.05) is 23.7 Å². The number of anilines is 1. The topological polar surface area (TPSA) is 50.9 Å². The van der Waals surface area contributed by atoms with Crippen LogP contribution in [0.3, 0.4) is 0 Å². The third kappa shape index (κ3) is 2.87. The fourth-order valence-electron chi connectivity index (χ4n) is 1.55. The molecular weight excluding hydrogens is 214 g/mol. The fraction of sp³-hybridized carbons (Fsp3) is 0.667. The van der Waals surface area contributed by atoms with E-state index < -0.39 is 0 Å². The van der Waals surface area contributed by atoms with Crippen molar-refractivity contribution in [3.05, 3.63) is 11.1 Å². The number of nitrogens with one attached hydrogen (secondary N) is 1. The van der Waals surface area contributed by atoms with Crippen LogP contribution in [0.15, 0.2) is 6.20 Å². The highest BCUT2D eigenvalue weighted by Gasteiger charge is 2.12. The molecule has 1 aliphatic rings. The number of nitrogen functional groups attached to an aromatic ring is 1. The second kappa shape index (κ2) is 5.00. The van der Waals surface area contributed by atoms with Gasteiger partial charge in [-0.1, -0.05) is 0 Å². The average Bonchev–Trinajstić information content (AvgIpc) is 2.63. The minimum Gasteiger partial charge on any atom is -0.375 e. The first-order chi connectivity index (χ1) is 6.84. The van der Waals surface area contributed by atoms with Crippen LogP contribution in [0.4, 0.5) is 5.13 Å². The Balaban J connectivity index is 1.76. The second-order valence-electron chi connectivity index (χ2n) is 3.43. The van der Waals surface area contributed by atoms with E-state index in [1.54, 1.807) is 11.3 Å². The molecule has 0 saturated carbocycles. The number of nitrogens with two attached hydrogens (primary N) is 1. The zero-order valence-electron chi connectivity index (χ0n) is 8.03. The molecular formula is C9H15N3S2. The molecule has 0 bridgehead atoms. The molecule has 0 radical (unpaired) electrons. The minimum absolute atomic E-state index is 0.668. The van der Waals surface area contributed by atoms with Crippen LogP contribution < -0.4 is 11.1 Å². The molecule has 0 amide bonds. The molecule has 14 heavy (non-hydrogen) atoms. The first-order valence-electron chi connectivity index (χ1n) is 4.86. The van der Waals surface area contributed by atoms with E-state index in [4.69, 9.17) is 5.73 Å². The molecule has 0 aromatic carbocycles. The Labute approximate surface area is 92.5 Å². The zero-order valence-corrected chi connectivity index (χ0v) is 9.66. The van der Waals surface area contributed by atoms with Crippen LogP contribution in [0.1, 0.15) is 17.7 Å². The van der Waals surface area contributed by atoms with Crippen molar-refractivity contribution >= 4 is 28.2 Å². The third-order valence-electron chi connectivity index (χ3n) is 2.36. The summed E-state index contributed by atoms with van der Waals surface area (Å²) in [5.41, 5.74) is 5.56. The summed E-state index contributed by atoms with van der Waals surface area (Å²) in [5, 5.41) is 4.22. The van der Waals surface area contributed by atoms with E-state index >= 15 is 0 Å². The fourth-order valence-corrected chi connectivity index (χ4v) is 3.29. The molecule has 2 rings (SSSR count). The van der Waals surface area contributed by atoms with Gasteiger partial charge in [0.05, 0.1) is 0 Å². The lowest BCUT2D eigenvalue weighted by Gasteiger charge is -2.22. The smallest absolute Gasteiger partial charge is 0.180 e. The maximum absolute atomic E-state index is 5.56. The van der Waals surface area contributed by atoms with Gasteiger partial charge in [0.25, 0.3) is 0 Å². The number of hydrogen-bond donors (Lipinski definition) is 2. The summed E-state index contributed by atoms with van der Waals surface area (Å²) in [6.45, 7) is 0.921. The van der Waals surface area contributed by atoms with Crippen LogP contribution >= 0.6 is 23.1 Å². The number of hydrogen-bond acceptors (Lipinski definition) is 5. The Hall–Kier alpha value is -0.260. The van der Waals surface area contributed by atoms with Crippen molar-refractivity contribution in [3.63, 3.8) is 0 Å². The van der Waals surface area contributed by atoms with Crippen molar-refractivity contribution in [2.75, 3.05) is 17.2 Å². The molecule has 78 valence electrons. The first kappa shape index (κ1) is 10.3. The van der Waals surface area contributed by atoms with Gasteiger partial charge in [0.1, 0.15) is 0 Å². The molecule has 3 nitrogen and oxygen atoms in total. The molecule has 0 unspecified atom stereocenters. The highest BCUT2D eigenvalue weighted by atomic mass is 32.2. The van der Waals surface area contributed by atoms with Crippen LogP contribution in [0.5, 0.6) is 0 Å². The van der Waals surface area contributed by atoms with E-state index in [9.17, 15) is 0 Å². The van der Waals surface area contributed by atoms with Gasteiger partial charge in [-0.3, -0.25) is 0 Å². The lowest BCUT2D eigenvalue weighted by atomic mass is 10.1.